The first-order valence-electron chi connectivity index (χ1n) is 7.54. The lowest BCUT2D eigenvalue weighted by molar-refractivity contribution is -0.127. The smallest absolute Gasteiger partial charge is 0.235 e. The maximum Gasteiger partial charge on any atom is 0.235 e. The van der Waals surface area contributed by atoms with E-state index in [9.17, 15) is 4.79 Å². The van der Waals surface area contributed by atoms with Crippen molar-refractivity contribution < 1.29 is 9.53 Å². The molecular weight excluding hydrogens is 324 g/mol. The SMILES string of the molecule is C=CCn1c(S[C@H](C)C(=O)N(C)C)nnc1-c1ccc(OC)cc1. The van der Waals surface area contributed by atoms with Crippen molar-refractivity contribution in [2.24, 2.45) is 0 Å². The van der Waals surface area contributed by atoms with Gasteiger partial charge in [-0.25, -0.2) is 0 Å². The number of hydrogen-bond acceptors (Lipinski definition) is 5. The maximum absolute atomic E-state index is 12.1. The quantitative estimate of drug-likeness (QED) is 0.570. The Bertz CT molecular complexity index is 710. The van der Waals surface area contributed by atoms with E-state index in [0.29, 0.717) is 11.7 Å². The molecule has 0 fully saturated rings. The zero-order valence-electron chi connectivity index (χ0n) is 14.4. The number of aromatic nitrogens is 3. The molecule has 1 aromatic carbocycles. The van der Waals surface area contributed by atoms with E-state index in [1.165, 1.54) is 11.8 Å². The van der Waals surface area contributed by atoms with E-state index in [1.54, 1.807) is 32.2 Å². The molecule has 0 aliphatic carbocycles. The number of nitrogens with zero attached hydrogens (tertiary/aromatic N) is 4. The third kappa shape index (κ3) is 3.97. The third-order valence-corrected chi connectivity index (χ3v) is 4.52. The third-order valence-electron chi connectivity index (χ3n) is 3.45. The molecule has 2 aromatic rings. The Morgan fingerprint density at radius 2 is 2.04 bits per heavy atom. The van der Waals surface area contributed by atoms with Crippen LogP contribution in [0.4, 0.5) is 0 Å². The Morgan fingerprint density at radius 3 is 2.58 bits per heavy atom. The van der Waals surface area contributed by atoms with Gasteiger partial charge in [0.1, 0.15) is 5.75 Å². The minimum Gasteiger partial charge on any atom is -0.497 e. The number of thioether (sulfide) groups is 1. The first kappa shape index (κ1) is 18.1. The molecule has 0 unspecified atom stereocenters. The molecule has 24 heavy (non-hydrogen) atoms. The molecule has 0 aliphatic heterocycles. The van der Waals surface area contributed by atoms with Crippen LogP contribution in [0, 0.1) is 0 Å². The number of ether oxygens (including phenoxy) is 1. The second kappa shape index (κ2) is 8.01. The number of amides is 1. The standard InChI is InChI=1S/C17H22N4O2S/c1-6-11-21-15(13-7-9-14(23-5)10-8-13)18-19-17(21)24-12(2)16(22)20(3)4/h6-10,12H,1,11H2,2-5H3/t12-/m1/s1. The lowest BCUT2D eigenvalue weighted by atomic mass is 10.2. The molecule has 7 heteroatoms. The van der Waals surface area contributed by atoms with Crippen LogP contribution in [0.5, 0.6) is 5.75 Å². The number of allylic oxidation sites excluding steroid dienone is 1. The molecule has 0 N–H and O–H groups in total. The maximum atomic E-state index is 12.1. The first-order valence-corrected chi connectivity index (χ1v) is 8.42. The van der Waals surface area contributed by atoms with Gasteiger partial charge in [-0.05, 0) is 31.2 Å². The molecule has 0 aliphatic rings. The molecule has 0 radical (unpaired) electrons. The van der Waals surface area contributed by atoms with Crippen LogP contribution in [0.15, 0.2) is 42.1 Å². The molecule has 0 bridgehead atoms. The zero-order valence-corrected chi connectivity index (χ0v) is 15.2. The van der Waals surface area contributed by atoms with Gasteiger partial charge in [0.05, 0.1) is 12.4 Å². The summed E-state index contributed by atoms with van der Waals surface area (Å²) in [5, 5.41) is 9.02. The molecule has 0 saturated carbocycles. The van der Waals surface area contributed by atoms with Gasteiger partial charge in [-0.2, -0.15) is 0 Å². The molecule has 1 heterocycles. The van der Waals surface area contributed by atoms with E-state index in [-0.39, 0.29) is 11.2 Å². The first-order chi connectivity index (χ1) is 11.5. The highest BCUT2D eigenvalue weighted by Crippen LogP contribution is 2.28. The van der Waals surface area contributed by atoms with Crippen molar-refractivity contribution in [2.75, 3.05) is 21.2 Å². The van der Waals surface area contributed by atoms with E-state index in [1.807, 2.05) is 35.8 Å². The number of carbonyl (C=O) groups excluding carboxylic acids is 1. The summed E-state index contributed by atoms with van der Waals surface area (Å²) in [6, 6.07) is 7.64. The van der Waals surface area contributed by atoms with E-state index in [2.05, 4.69) is 16.8 Å². The van der Waals surface area contributed by atoms with E-state index >= 15 is 0 Å². The molecule has 1 amide bonds. The van der Waals surface area contributed by atoms with Gasteiger partial charge in [-0.15, -0.1) is 16.8 Å². The highest BCUT2D eigenvalue weighted by Gasteiger charge is 2.21. The van der Waals surface area contributed by atoms with Crippen LogP contribution in [0.1, 0.15) is 6.92 Å². The van der Waals surface area contributed by atoms with Gasteiger partial charge in [0.2, 0.25) is 5.91 Å². The van der Waals surface area contributed by atoms with Crippen molar-refractivity contribution >= 4 is 17.7 Å². The summed E-state index contributed by atoms with van der Waals surface area (Å²) in [6.07, 6.45) is 1.79. The Hall–Kier alpha value is -2.28. The van der Waals surface area contributed by atoms with Gasteiger partial charge in [0.15, 0.2) is 11.0 Å². The predicted molar refractivity (Wildman–Crippen MR) is 96.2 cm³/mol. The lowest BCUT2D eigenvalue weighted by Gasteiger charge is -2.16. The number of carbonyl (C=O) groups is 1. The zero-order chi connectivity index (χ0) is 17.7. The van der Waals surface area contributed by atoms with Crippen LogP contribution in [-0.2, 0) is 11.3 Å². The topological polar surface area (TPSA) is 60.2 Å². The number of benzene rings is 1. The highest BCUT2D eigenvalue weighted by atomic mass is 32.2. The number of rotatable bonds is 7. The van der Waals surface area contributed by atoms with Gasteiger partial charge in [0.25, 0.3) is 0 Å². The fourth-order valence-corrected chi connectivity index (χ4v) is 3.20. The molecule has 0 saturated heterocycles. The largest absolute Gasteiger partial charge is 0.497 e. The van der Waals surface area contributed by atoms with Gasteiger partial charge in [-0.3, -0.25) is 9.36 Å². The van der Waals surface area contributed by atoms with Crippen molar-refractivity contribution in [3.8, 4) is 17.1 Å². The summed E-state index contributed by atoms with van der Waals surface area (Å²) in [4.78, 5) is 13.7. The minimum atomic E-state index is -0.239. The Morgan fingerprint density at radius 1 is 1.38 bits per heavy atom. The van der Waals surface area contributed by atoms with Crippen LogP contribution in [0.2, 0.25) is 0 Å². The summed E-state index contributed by atoms with van der Waals surface area (Å²) in [5.41, 5.74) is 0.934. The summed E-state index contributed by atoms with van der Waals surface area (Å²) in [5.74, 6) is 1.57. The molecular formula is C17H22N4O2S. The van der Waals surface area contributed by atoms with Crippen LogP contribution in [0.25, 0.3) is 11.4 Å². The number of methoxy groups -OCH3 is 1. The van der Waals surface area contributed by atoms with Crippen LogP contribution >= 0.6 is 11.8 Å². The van der Waals surface area contributed by atoms with Crippen molar-refractivity contribution in [3.05, 3.63) is 36.9 Å². The van der Waals surface area contributed by atoms with Crippen molar-refractivity contribution in [1.82, 2.24) is 19.7 Å². The van der Waals surface area contributed by atoms with Gasteiger partial charge in [-0.1, -0.05) is 17.8 Å². The Balaban J connectivity index is 2.32. The van der Waals surface area contributed by atoms with E-state index in [0.717, 1.165) is 17.1 Å². The van der Waals surface area contributed by atoms with E-state index < -0.39 is 0 Å². The van der Waals surface area contributed by atoms with Crippen LogP contribution < -0.4 is 4.74 Å². The lowest BCUT2D eigenvalue weighted by Crippen LogP contribution is -2.29. The average molecular weight is 346 g/mol. The summed E-state index contributed by atoms with van der Waals surface area (Å²) in [7, 11) is 5.13. The van der Waals surface area contributed by atoms with Crippen molar-refractivity contribution in [3.63, 3.8) is 0 Å². The number of hydrogen-bond donors (Lipinski definition) is 0. The Labute approximate surface area is 146 Å². The van der Waals surface area contributed by atoms with E-state index in [4.69, 9.17) is 4.74 Å². The van der Waals surface area contributed by atoms with Crippen LogP contribution in [0.3, 0.4) is 0 Å². The van der Waals surface area contributed by atoms with Crippen molar-refractivity contribution in [2.45, 2.75) is 23.9 Å². The predicted octanol–water partition coefficient (Wildman–Crippen LogP) is 2.71. The normalized spacial score (nSPS) is 11.8. The molecule has 6 nitrogen and oxygen atoms in total. The summed E-state index contributed by atoms with van der Waals surface area (Å²) < 4.78 is 7.14. The average Bonchev–Trinajstić information content (AvgIpc) is 2.97. The van der Waals surface area contributed by atoms with Gasteiger partial charge >= 0.3 is 0 Å². The van der Waals surface area contributed by atoms with Crippen molar-refractivity contribution in [1.29, 1.82) is 0 Å². The Kier molecular flexibility index (Phi) is 6.03. The summed E-state index contributed by atoms with van der Waals surface area (Å²) in [6.45, 7) is 6.24. The molecule has 1 aromatic heterocycles. The second-order valence-electron chi connectivity index (χ2n) is 5.43. The van der Waals surface area contributed by atoms with Gasteiger partial charge < -0.3 is 9.64 Å². The summed E-state index contributed by atoms with van der Waals surface area (Å²) >= 11 is 1.40. The fourth-order valence-electron chi connectivity index (χ4n) is 2.20. The molecule has 0 spiro atoms. The molecule has 128 valence electrons. The van der Waals surface area contributed by atoms with Gasteiger partial charge in [0, 0.05) is 26.2 Å². The van der Waals surface area contributed by atoms with Crippen LogP contribution in [-0.4, -0.2) is 52.0 Å². The minimum absolute atomic E-state index is 0.0409. The second-order valence-corrected chi connectivity index (χ2v) is 6.73. The fraction of sp³-hybridized carbons (Fsp3) is 0.353. The molecule has 2 rings (SSSR count). The monoisotopic (exact) mass is 346 g/mol. The highest BCUT2D eigenvalue weighted by molar-refractivity contribution is 8.00. The molecule has 1 atom stereocenters.